The molecule has 124 valence electrons. The van der Waals surface area contributed by atoms with Crippen molar-refractivity contribution in [2.75, 3.05) is 24.2 Å². The van der Waals surface area contributed by atoms with Gasteiger partial charge in [-0.15, -0.1) is 0 Å². The summed E-state index contributed by atoms with van der Waals surface area (Å²) in [6.45, 7) is 4.19. The second kappa shape index (κ2) is 6.31. The molecule has 1 aromatic carbocycles. The Hall–Kier alpha value is -1.89. The molecular weight excluding hydrogens is 312 g/mol. The molecule has 0 radical (unpaired) electrons. The molecule has 2 aromatic rings. The number of anilines is 1. The average Bonchev–Trinajstić information content (AvgIpc) is 2.92. The summed E-state index contributed by atoms with van der Waals surface area (Å²) in [5.41, 5.74) is 2.31. The molecule has 1 fully saturated rings. The second-order valence-electron chi connectivity index (χ2n) is 6.15. The minimum Gasteiger partial charge on any atom is -0.371 e. The average molecular weight is 334 g/mol. The van der Waals surface area contributed by atoms with Crippen LogP contribution in [0, 0.1) is 6.92 Å². The smallest absolute Gasteiger partial charge is 0.150 e. The van der Waals surface area contributed by atoms with Crippen molar-refractivity contribution in [2.24, 2.45) is 0 Å². The highest BCUT2D eigenvalue weighted by Crippen LogP contribution is 2.24. The first kappa shape index (κ1) is 16.0. The first-order valence-corrected chi connectivity index (χ1v) is 9.76. The Kier molecular flexibility index (Phi) is 4.39. The van der Waals surface area contributed by atoms with Crippen molar-refractivity contribution in [2.45, 2.75) is 31.6 Å². The zero-order valence-corrected chi connectivity index (χ0v) is 14.3. The highest BCUT2D eigenvalue weighted by molar-refractivity contribution is 7.91. The third kappa shape index (κ3) is 3.72. The van der Waals surface area contributed by atoms with E-state index in [1.807, 2.05) is 17.7 Å². The number of benzene rings is 1. The first-order valence-electron chi connectivity index (χ1n) is 7.80. The number of nitrogens with zero attached hydrogens (tertiary/aromatic N) is 4. The van der Waals surface area contributed by atoms with Gasteiger partial charge in [0.05, 0.1) is 11.8 Å². The number of aryl methyl sites for hydroxylation is 1. The number of aromatic nitrogens is 3. The molecule has 7 heteroatoms. The van der Waals surface area contributed by atoms with Crippen LogP contribution < -0.4 is 4.90 Å². The SMILES string of the molecule is Cc1ncnn1Cc1cccc(N2CCC(S(C)(=O)=O)CC2)c1. The number of rotatable bonds is 4. The Bertz CT molecular complexity index is 777. The molecule has 1 aliphatic heterocycles. The number of sulfone groups is 1. The molecule has 0 bridgehead atoms. The monoisotopic (exact) mass is 334 g/mol. The largest absolute Gasteiger partial charge is 0.371 e. The van der Waals surface area contributed by atoms with Crippen LogP contribution in [0.3, 0.4) is 0 Å². The Labute approximate surface area is 137 Å². The van der Waals surface area contributed by atoms with Crippen molar-refractivity contribution in [1.82, 2.24) is 14.8 Å². The normalized spacial score (nSPS) is 16.7. The van der Waals surface area contributed by atoms with Gasteiger partial charge >= 0.3 is 0 Å². The van der Waals surface area contributed by atoms with Gasteiger partial charge in [0.2, 0.25) is 0 Å². The van der Waals surface area contributed by atoms with E-state index in [-0.39, 0.29) is 5.25 Å². The predicted octanol–water partition coefficient (Wildman–Crippen LogP) is 1.65. The highest BCUT2D eigenvalue weighted by atomic mass is 32.2. The summed E-state index contributed by atoms with van der Waals surface area (Å²) in [5.74, 6) is 0.893. The van der Waals surface area contributed by atoms with E-state index >= 15 is 0 Å². The van der Waals surface area contributed by atoms with Gasteiger partial charge in [-0.1, -0.05) is 12.1 Å². The van der Waals surface area contributed by atoms with E-state index in [1.165, 1.54) is 11.8 Å². The van der Waals surface area contributed by atoms with Crippen molar-refractivity contribution < 1.29 is 8.42 Å². The van der Waals surface area contributed by atoms with Gasteiger partial charge in [0, 0.05) is 25.0 Å². The van der Waals surface area contributed by atoms with Gasteiger partial charge in [0.25, 0.3) is 0 Å². The maximum absolute atomic E-state index is 11.7. The van der Waals surface area contributed by atoms with Crippen molar-refractivity contribution in [1.29, 1.82) is 0 Å². The van der Waals surface area contributed by atoms with Gasteiger partial charge in [-0.2, -0.15) is 5.10 Å². The molecule has 2 heterocycles. The molecule has 0 unspecified atom stereocenters. The summed E-state index contributed by atoms with van der Waals surface area (Å²) in [7, 11) is -2.92. The molecule has 3 rings (SSSR count). The lowest BCUT2D eigenvalue weighted by atomic mass is 10.1. The maximum atomic E-state index is 11.7. The molecule has 0 atom stereocenters. The van der Waals surface area contributed by atoms with Gasteiger partial charge in [-0.3, -0.25) is 0 Å². The summed E-state index contributed by atoms with van der Waals surface area (Å²) in [4.78, 5) is 6.40. The topological polar surface area (TPSA) is 68.1 Å². The van der Waals surface area contributed by atoms with Crippen molar-refractivity contribution in [3.63, 3.8) is 0 Å². The molecule has 6 nitrogen and oxygen atoms in total. The third-order valence-corrected chi connectivity index (χ3v) is 6.15. The lowest BCUT2D eigenvalue weighted by Gasteiger charge is -2.33. The Balaban J connectivity index is 1.70. The molecular formula is C16H22N4O2S. The second-order valence-corrected chi connectivity index (χ2v) is 8.48. The van der Waals surface area contributed by atoms with Crippen molar-refractivity contribution in [3.05, 3.63) is 42.0 Å². The van der Waals surface area contributed by atoms with E-state index < -0.39 is 9.84 Å². The van der Waals surface area contributed by atoms with E-state index in [9.17, 15) is 8.42 Å². The van der Waals surface area contributed by atoms with E-state index in [0.29, 0.717) is 19.4 Å². The predicted molar refractivity (Wildman–Crippen MR) is 90.4 cm³/mol. The fraction of sp³-hybridized carbons (Fsp3) is 0.500. The zero-order chi connectivity index (χ0) is 16.4. The van der Waals surface area contributed by atoms with E-state index in [0.717, 1.165) is 24.6 Å². The van der Waals surface area contributed by atoms with Gasteiger partial charge in [-0.05, 0) is 37.5 Å². The minimum atomic E-state index is -2.92. The molecule has 0 aliphatic carbocycles. The van der Waals surface area contributed by atoms with E-state index in [1.54, 1.807) is 6.33 Å². The van der Waals surface area contributed by atoms with Crippen LogP contribution in [0.4, 0.5) is 5.69 Å². The van der Waals surface area contributed by atoms with Gasteiger partial charge in [0.15, 0.2) is 0 Å². The van der Waals surface area contributed by atoms with Crippen LogP contribution in [-0.4, -0.2) is 47.8 Å². The van der Waals surface area contributed by atoms with E-state index in [2.05, 4.69) is 33.2 Å². The minimum absolute atomic E-state index is 0.195. The third-order valence-electron chi connectivity index (χ3n) is 4.46. The van der Waals surface area contributed by atoms with Gasteiger partial charge in [0.1, 0.15) is 22.0 Å². The Morgan fingerprint density at radius 1 is 1.26 bits per heavy atom. The summed E-state index contributed by atoms with van der Waals surface area (Å²) in [6.07, 6.45) is 4.31. The molecule has 0 amide bonds. The van der Waals surface area contributed by atoms with Gasteiger partial charge < -0.3 is 4.90 Å². The highest BCUT2D eigenvalue weighted by Gasteiger charge is 2.26. The standard InChI is InChI=1S/C16H22N4O2S/c1-13-17-12-18-20(13)11-14-4-3-5-15(10-14)19-8-6-16(7-9-19)23(2,21)22/h3-5,10,12,16H,6-9,11H2,1-2H3. The molecule has 0 saturated carbocycles. The van der Waals surface area contributed by atoms with E-state index in [4.69, 9.17) is 0 Å². The number of piperidine rings is 1. The lowest BCUT2D eigenvalue weighted by Crippen LogP contribution is -2.39. The molecule has 1 aliphatic rings. The van der Waals surface area contributed by atoms with Crippen LogP contribution in [0.5, 0.6) is 0 Å². The maximum Gasteiger partial charge on any atom is 0.150 e. The summed E-state index contributed by atoms with van der Waals surface area (Å²) >= 11 is 0. The van der Waals surface area contributed by atoms with Gasteiger partial charge in [-0.25, -0.2) is 18.1 Å². The summed E-state index contributed by atoms with van der Waals surface area (Å²) < 4.78 is 25.2. The number of hydrogen-bond donors (Lipinski definition) is 0. The zero-order valence-electron chi connectivity index (χ0n) is 13.5. The van der Waals surface area contributed by atoms with Crippen molar-refractivity contribution in [3.8, 4) is 0 Å². The van der Waals surface area contributed by atoms with Crippen LogP contribution >= 0.6 is 0 Å². The van der Waals surface area contributed by atoms with Crippen LogP contribution in [0.1, 0.15) is 24.2 Å². The quantitative estimate of drug-likeness (QED) is 0.850. The Morgan fingerprint density at radius 2 is 2.00 bits per heavy atom. The molecule has 1 aromatic heterocycles. The molecule has 0 spiro atoms. The number of hydrogen-bond acceptors (Lipinski definition) is 5. The Morgan fingerprint density at radius 3 is 2.61 bits per heavy atom. The molecule has 1 saturated heterocycles. The fourth-order valence-corrected chi connectivity index (χ4v) is 4.11. The van der Waals surface area contributed by atoms with Crippen LogP contribution in [0.15, 0.2) is 30.6 Å². The first-order chi connectivity index (χ1) is 10.9. The lowest BCUT2D eigenvalue weighted by molar-refractivity contribution is 0.534. The molecule has 0 N–H and O–H groups in total. The molecule has 23 heavy (non-hydrogen) atoms. The fourth-order valence-electron chi connectivity index (χ4n) is 3.04. The van der Waals surface area contributed by atoms with Crippen LogP contribution in [0.25, 0.3) is 0 Å². The van der Waals surface area contributed by atoms with Crippen molar-refractivity contribution >= 4 is 15.5 Å². The van der Waals surface area contributed by atoms with Crippen LogP contribution in [-0.2, 0) is 16.4 Å². The summed E-state index contributed by atoms with van der Waals surface area (Å²) in [6, 6.07) is 8.35. The summed E-state index contributed by atoms with van der Waals surface area (Å²) in [5, 5.41) is 4.02. The van der Waals surface area contributed by atoms with Crippen LogP contribution in [0.2, 0.25) is 0 Å².